The van der Waals surface area contributed by atoms with Crippen LogP contribution in [0.3, 0.4) is 0 Å². The monoisotopic (exact) mass is 267 g/mol. The molecule has 5 nitrogen and oxygen atoms in total. The van der Waals surface area contributed by atoms with E-state index in [9.17, 15) is 9.59 Å². The molecule has 0 spiro atoms. The Labute approximate surface area is 110 Å². The van der Waals surface area contributed by atoms with Gasteiger partial charge in [-0.3, -0.25) is 9.59 Å². The Morgan fingerprint density at radius 3 is 2.89 bits per heavy atom. The van der Waals surface area contributed by atoms with E-state index in [4.69, 9.17) is 0 Å². The van der Waals surface area contributed by atoms with Crippen LogP contribution in [0.5, 0.6) is 0 Å². The summed E-state index contributed by atoms with van der Waals surface area (Å²) in [6.45, 7) is 4.07. The lowest BCUT2D eigenvalue weighted by Crippen LogP contribution is -2.43. The van der Waals surface area contributed by atoms with Crippen LogP contribution in [0.15, 0.2) is 0 Å². The number of carbonyl (C=O) groups excluding carboxylic acids is 2. The third kappa shape index (κ3) is 2.53. The zero-order valence-electron chi connectivity index (χ0n) is 10.8. The predicted molar refractivity (Wildman–Crippen MR) is 71.1 cm³/mol. The van der Waals surface area contributed by atoms with Gasteiger partial charge in [-0.1, -0.05) is 0 Å². The summed E-state index contributed by atoms with van der Waals surface area (Å²) in [5, 5.41) is 4.17. The first-order chi connectivity index (χ1) is 8.49. The van der Waals surface area contributed by atoms with Gasteiger partial charge in [-0.15, -0.1) is 0 Å². The smallest absolute Gasteiger partial charge is 0.222 e. The number of carbonyl (C=O) groups is 2. The van der Waals surface area contributed by atoms with Gasteiger partial charge in [0.25, 0.3) is 0 Å². The van der Waals surface area contributed by atoms with E-state index in [1.54, 1.807) is 18.9 Å². The van der Waals surface area contributed by atoms with Crippen LogP contribution in [0, 0.1) is 6.92 Å². The first-order valence-electron chi connectivity index (χ1n) is 5.96. The van der Waals surface area contributed by atoms with Gasteiger partial charge in [-0.25, -0.2) is 0 Å². The number of ketones is 1. The summed E-state index contributed by atoms with van der Waals surface area (Å²) in [5.74, 6) is 0.212. The Kier molecular flexibility index (Phi) is 3.65. The molecule has 1 aromatic heterocycles. The van der Waals surface area contributed by atoms with Gasteiger partial charge < -0.3 is 10.2 Å². The fraction of sp³-hybridized carbons (Fsp3) is 0.583. The number of nitrogens with one attached hydrogen (secondary N) is 1. The second kappa shape index (κ2) is 5.06. The summed E-state index contributed by atoms with van der Waals surface area (Å²) in [6.07, 6.45) is 1.36. The predicted octanol–water partition coefficient (Wildman–Crippen LogP) is 1.69. The highest BCUT2D eigenvalue weighted by atomic mass is 32.1. The molecule has 2 heterocycles. The lowest BCUT2D eigenvalue weighted by atomic mass is 10.1. The van der Waals surface area contributed by atoms with Gasteiger partial charge in [-0.2, -0.15) is 4.37 Å². The summed E-state index contributed by atoms with van der Waals surface area (Å²) in [6, 6.07) is 0.200. The molecule has 0 aromatic carbocycles. The Hall–Kier alpha value is -1.43. The minimum absolute atomic E-state index is 0.0315. The highest BCUT2D eigenvalue weighted by Gasteiger charge is 2.25. The number of aromatic nitrogens is 1. The molecule has 1 fully saturated rings. The molecular formula is C12H17N3O2S. The van der Waals surface area contributed by atoms with Crippen molar-refractivity contribution in [3.05, 3.63) is 11.3 Å². The second-order valence-electron chi connectivity index (χ2n) is 4.68. The summed E-state index contributed by atoms with van der Waals surface area (Å²) < 4.78 is 4.22. The van der Waals surface area contributed by atoms with Crippen LogP contribution in [0.2, 0.25) is 0 Å². The number of nitrogens with zero attached hydrogens (tertiary/aromatic N) is 2. The average molecular weight is 267 g/mol. The van der Waals surface area contributed by atoms with Crippen molar-refractivity contribution in [2.24, 2.45) is 0 Å². The fourth-order valence-corrected chi connectivity index (χ4v) is 3.12. The molecule has 0 aliphatic carbocycles. The normalized spacial score (nSPS) is 20.1. The van der Waals surface area contributed by atoms with E-state index in [-0.39, 0.29) is 17.7 Å². The maximum Gasteiger partial charge on any atom is 0.222 e. The SMILES string of the molecule is CC(=O)c1c(C)nsc1NC1CCC(=O)N(C)C1. The fourth-order valence-electron chi connectivity index (χ4n) is 2.20. The molecule has 2 rings (SSSR count). The largest absolute Gasteiger partial charge is 0.371 e. The van der Waals surface area contributed by atoms with Crippen molar-refractivity contribution in [1.29, 1.82) is 0 Å². The number of Topliss-reactive ketones (excluding diaryl/α,β-unsaturated/α-hetero) is 1. The summed E-state index contributed by atoms with van der Waals surface area (Å²) in [7, 11) is 1.81. The van der Waals surface area contributed by atoms with Crippen molar-refractivity contribution in [2.75, 3.05) is 18.9 Å². The van der Waals surface area contributed by atoms with Gasteiger partial charge in [-0.05, 0) is 31.8 Å². The first-order valence-corrected chi connectivity index (χ1v) is 6.74. The molecule has 1 aliphatic rings. The number of rotatable bonds is 3. The molecule has 1 unspecified atom stereocenters. The lowest BCUT2D eigenvalue weighted by Gasteiger charge is -2.30. The van der Waals surface area contributed by atoms with E-state index in [1.807, 2.05) is 6.92 Å². The number of likely N-dealkylation sites (N-methyl/N-ethyl adjacent to an activating group) is 1. The van der Waals surface area contributed by atoms with Crippen molar-refractivity contribution in [1.82, 2.24) is 9.27 Å². The quantitative estimate of drug-likeness (QED) is 0.846. The molecule has 0 radical (unpaired) electrons. The maximum atomic E-state index is 11.6. The number of aryl methyl sites for hydroxylation is 1. The average Bonchev–Trinajstić information content (AvgIpc) is 2.65. The van der Waals surface area contributed by atoms with Crippen LogP contribution >= 0.6 is 11.5 Å². The van der Waals surface area contributed by atoms with Crippen molar-refractivity contribution < 1.29 is 9.59 Å². The molecule has 0 saturated carbocycles. The number of likely N-dealkylation sites (tertiary alicyclic amines) is 1. The molecule has 0 bridgehead atoms. The molecule has 1 N–H and O–H groups in total. The van der Waals surface area contributed by atoms with Crippen LogP contribution in [0.4, 0.5) is 5.00 Å². The summed E-state index contributed by atoms with van der Waals surface area (Å²) in [5.41, 5.74) is 1.45. The van der Waals surface area contributed by atoms with Crippen molar-refractivity contribution >= 4 is 28.2 Å². The van der Waals surface area contributed by atoms with Gasteiger partial charge in [0.2, 0.25) is 5.91 Å². The minimum Gasteiger partial charge on any atom is -0.371 e. The van der Waals surface area contributed by atoms with E-state index in [0.717, 1.165) is 17.1 Å². The van der Waals surface area contributed by atoms with Gasteiger partial charge in [0.1, 0.15) is 5.00 Å². The van der Waals surface area contributed by atoms with Crippen LogP contribution in [0.1, 0.15) is 35.8 Å². The van der Waals surface area contributed by atoms with E-state index in [2.05, 4.69) is 9.69 Å². The van der Waals surface area contributed by atoms with Crippen LogP contribution in [-0.2, 0) is 4.79 Å². The van der Waals surface area contributed by atoms with Crippen LogP contribution in [-0.4, -0.2) is 40.6 Å². The third-order valence-electron chi connectivity index (χ3n) is 3.18. The molecule has 98 valence electrons. The molecule has 1 amide bonds. The van der Waals surface area contributed by atoms with Crippen molar-refractivity contribution in [3.8, 4) is 0 Å². The third-order valence-corrected chi connectivity index (χ3v) is 4.05. The Morgan fingerprint density at radius 2 is 2.28 bits per heavy atom. The molecule has 1 aromatic rings. The van der Waals surface area contributed by atoms with Crippen molar-refractivity contribution in [2.45, 2.75) is 32.7 Å². The lowest BCUT2D eigenvalue weighted by molar-refractivity contribution is -0.132. The summed E-state index contributed by atoms with van der Waals surface area (Å²) >= 11 is 1.31. The van der Waals surface area contributed by atoms with Crippen LogP contribution in [0.25, 0.3) is 0 Å². The number of hydrogen-bond acceptors (Lipinski definition) is 5. The molecule has 1 atom stereocenters. The molecule has 6 heteroatoms. The van der Waals surface area contributed by atoms with Crippen molar-refractivity contribution in [3.63, 3.8) is 0 Å². The molecular weight excluding hydrogens is 250 g/mol. The number of amides is 1. The second-order valence-corrected chi connectivity index (χ2v) is 5.46. The Bertz CT molecular complexity index is 484. The summed E-state index contributed by atoms with van der Waals surface area (Å²) in [4.78, 5) is 24.7. The Balaban J connectivity index is 2.10. The van der Waals surface area contributed by atoms with E-state index in [0.29, 0.717) is 18.5 Å². The number of piperidine rings is 1. The van der Waals surface area contributed by atoms with E-state index >= 15 is 0 Å². The van der Waals surface area contributed by atoms with E-state index in [1.165, 1.54) is 11.5 Å². The van der Waals surface area contributed by atoms with Gasteiger partial charge in [0, 0.05) is 26.1 Å². The molecule has 18 heavy (non-hydrogen) atoms. The zero-order chi connectivity index (χ0) is 13.3. The van der Waals surface area contributed by atoms with E-state index < -0.39 is 0 Å². The maximum absolute atomic E-state index is 11.6. The standard InChI is InChI=1S/C12H17N3O2S/c1-7-11(8(2)16)12(18-14-7)13-9-4-5-10(17)15(3)6-9/h9,13H,4-6H2,1-3H3. The van der Waals surface area contributed by atoms with Gasteiger partial charge in [0.15, 0.2) is 5.78 Å². The molecule has 1 aliphatic heterocycles. The topological polar surface area (TPSA) is 62.3 Å². The molecule has 1 saturated heterocycles. The van der Waals surface area contributed by atoms with Gasteiger partial charge in [0.05, 0.1) is 11.3 Å². The number of anilines is 1. The highest BCUT2D eigenvalue weighted by molar-refractivity contribution is 7.10. The minimum atomic E-state index is 0.0315. The van der Waals surface area contributed by atoms with Crippen LogP contribution < -0.4 is 5.32 Å². The van der Waals surface area contributed by atoms with Gasteiger partial charge >= 0.3 is 0 Å². The highest BCUT2D eigenvalue weighted by Crippen LogP contribution is 2.27. The zero-order valence-corrected chi connectivity index (χ0v) is 11.6. The first kappa shape index (κ1) is 13.0. The number of hydrogen-bond donors (Lipinski definition) is 1. The Morgan fingerprint density at radius 1 is 1.56 bits per heavy atom.